The van der Waals surface area contributed by atoms with E-state index in [-0.39, 0.29) is 18.3 Å². The molecule has 0 bridgehead atoms. The molecular weight excluding hydrogens is 553 g/mol. The molecule has 1 aliphatic rings. The smallest absolute Gasteiger partial charge is 0.305 e. The van der Waals surface area contributed by atoms with Gasteiger partial charge in [-0.25, -0.2) is 4.98 Å². The van der Waals surface area contributed by atoms with E-state index >= 15 is 0 Å². The minimum atomic E-state index is -2.01. The van der Waals surface area contributed by atoms with Crippen molar-refractivity contribution in [2.75, 3.05) is 6.61 Å². The average Bonchev–Trinajstić information content (AvgIpc) is 2.91. The molecule has 0 spiro atoms. The van der Waals surface area contributed by atoms with Crippen molar-refractivity contribution >= 4 is 41.6 Å². The first-order valence-corrected chi connectivity index (χ1v) is 30.4. The molecule has 0 aromatic carbocycles. The molecule has 0 aliphatic carbocycles. The molecule has 8 nitrogen and oxygen atoms in total. The Morgan fingerprint density at radius 3 is 1.65 bits per heavy atom. The summed E-state index contributed by atoms with van der Waals surface area (Å²) < 4.78 is 39.3. The van der Waals surface area contributed by atoms with Crippen LogP contribution in [0.1, 0.15) is 11.7 Å². The van der Waals surface area contributed by atoms with Gasteiger partial charge in [-0.2, -0.15) is 4.98 Å². The van der Waals surface area contributed by atoms with Crippen molar-refractivity contribution < 1.29 is 26.9 Å². The standard InChI is InChI=1S/C24H52N2O6Si5/c1-33(2,3)27-17-19-21(29-34(4,5)6)22(30-35(7,8)9)20(28-19)18-16-25-24(32-37(13,14)15)26-23(18)31-36(10,11)12/h16,19-22H,17H2,1-15H3. The summed E-state index contributed by atoms with van der Waals surface area (Å²) in [7, 11) is -9.59. The zero-order valence-electron chi connectivity index (χ0n) is 25.9. The summed E-state index contributed by atoms with van der Waals surface area (Å²) in [5.41, 5.74) is 0.785. The van der Waals surface area contributed by atoms with Gasteiger partial charge in [-0.05, 0) is 98.2 Å². The molecular formula is C24H52N2O6Si5. The van der Waals surface area contributed by atoms with Gasteiger partial charge in [0.2, 0.25) is 22.5 Å². The lowest BCUT2D eigenvalue weighted by atomic mass is 10.0. The third-order valence-corrected chi connectivity index (χ3v) is 9.43. The predicted molar refractivity (Wildman–Crippen MR) is 163 cm³/mol. The second kappa shape index (κ2) is 11.6. The largest absolute Gasteiger partial charge is 0.531 e. The van der Waals surface area contributed by atoms with Gasteiger partial charge in [0.05, 0.1) is 12.2 Å². The number of aromatic nitrogens is 2. The lowest BCUT2D eigenvalue weighted by Crippen LogP contribution is -2.48. The highest BCUT2D eigenvalue weighted by Gasteiger charge is 2.51. The van der Waals surface area contributed by atoms with Crippen LogP contribution < -0.4 is 8.85 Å². The van der Waals surface area contributed by atoms with Crippen LogP contribution in [-0.2, 0) is 18.0 Å². The molecule has 0 amide bonds. The van der Waals surface area contributed by atoms with Crippen LogP contribution in [0.15, 0.2) is 6.20 Å². The van der Waals surface area contributed by atoms with Crippen LogP contribution in [0.5, 0.6) is 11.9 Å². The average molecular weight is 605 g/mol. The quantitative estimate of drug-likeness (QED) is 0.246. The maximum Gasteiger partial charge on any atom is 0.305 e. The van der Waals surface area contributed by atoms with E-state index in [1.807, 2.05) is 0 Å². The zero-order valence-corrected chi connectivity index (χ0v) is 30.9. The predicted octanol–water partition coefficient (Wildman–Crippen LogP) is 6.64. The van der Waals surface area contributed by atoms with Crippen LogP contribution in [0.25, 0.3) is 0 Å². The number of ether oxygens (including phenoxy) is 1. The molecule has 1 aromatic rings. The molecule has 37 heavy (non-hydrogen) atoms. The van der Waals surface area contributed by atoms with Crippen molar-refractivity contribution in [3.63, 3.8) is 0 Å². The zero-order chi connectivity index (χ0) is 28.6. The molecule has 2 rings (SSSR count). The fraction of sp³-hybridized carbons (Fsp3) is 0.833. The Balaban J connectivity index is 2.61. The Morgan fingerprint density at radius 2 is 1.19 bits per heavy atom. The second-order valence-electron chi connectivity index (χ2n) is 14.8. The van der Waals surface area contributed by atoms with Crippen LogP contribution in [0.2, 0.25) is 98.2 Å². The summed E-state index contributed by atoms with van der Waals surface area (Å²) in [6.45, 7) is 33.0. The summed E-state index contributed by atoms with van der Waals surface area (Å²) in [6, 6.07) is 0.352. The van der Waals surface area contributed by atoms with Gasteiger partial charge in [0.25, 0.3) is 0 Å². The topological polar surface area (TPSA) is 81.2 Å². The van der Waals surface area contributed by atoms with Gasteiger partial charge < -0.3 is 26.9 Å². The molecule has 0 radical (unpaired) electrons. The van der Waals surface area contributed by atoms with E-state index in [1.54, 1.807) is 6.20 Å². The van der Waals surface area contributed by atoms with Gasteiger partial charge in [0.1, 0.15) is 24.4 Å². The molecule has 1 fully saturated rings. The SMILES string of the molecule is C[Si](C)(C)OCC1OC(c2cnc(O[Si](C)(C)C)nc2O[Si](C)(C)C)C(O[Si](C)(C)C)C1O[Si](C)(C)C. The van der Waals surface area contributed by atoms with Crippen LogP contribution >= 0.6 is 0 Å². The summed E-state index contributed by atoms with van der Waals surface area (Å²) in [6.07, 6.45) is 0.539. The monoisotopic (exact) mass is 604 g/mol. The van der Waals surface area contributed by atoms with E-state index in [4.69, 9.17) is 31.9 Å². The van der Waals surface area contributed by atoms with Crippen molar-refractivity contribution in [2.45, 2.75) is 123 Å². The molecule has 4 unspecified atom stereocenters. The molecule has 13 heteroatoms. The number of rotatable bonds is 12. The highest BCUT2D eigenvalue weighted by atomic mass is 28.4. The fourth-order valence-electron chi connectivity index (χ4n) is 3.78. The van der Waals surface area contributed by atoms with E-state index in [2.05, 4.69) is 103 Å². The van der Waals surface area contributed by atoms with Gasteiger partial charge in [-0.1, -0.05) is 0 Å². The third-order valence-electron chi connectivity index (χ3n) is 4.83. The van der Waals surface area contributed by atoms with Gasteiger partial charge in [0.15, 0.2) is 25.0 Å². The molecule has 1 aliphatic heterocycles. The minimum absolute atomic E-state index is 0.252. The van der Waals surface area contributed by atoms with Crippen molar-refractivity contribution in [1.82, 2.24) is 9.97 Å². The van der Waals surface area contributed by atoms with Crippen LogP contribution in [0.4, 0.5) is 0 Å². The maximum absolute atomic E-state index is 6.83. The summed E-state index contributed by atoms with van der Waals surface area (Å²) in [5.74, 6) is 0.523. The normalized spacial score (nSPS) is 23.9. The van der Waals surface area contributed by atoms with Crippen molar-refractivity contribution in [1.29, 1.82) is 0 Å². The summed E-state index contributed by atoms with van der Waals surface area (Å²) >= 11 is 0. The number of hydrogen-bond acceptors (Lipinski definition) is 8. The summed E-state index contributed by atoms with van der Waals surface area (Å²) in [4.78, 5) is 9.36. The van der Waals surface area contributed by atoms with Gasteiger partial charge >= 0.3 is 6.01 Å². The Bertz CT molecular complexity index is 903. The van der Waals surface area contributed by atoms with E-state index < -0.39 is 47.7 Å². The molecule has 2 heterocycles. The summed E-state index contributed by atoms with van der Waals surface area (Å²) in [5, 5.41) is 0. The molecule has 1 saturated heterocycles. The Labute approximate surface area is 230 Å². The Kier molecular flexibility index (Phi) is 10.3. The lowest BCUT2D eigenvalue weighted by molar-refractivity contribution is -0.0159. The highest BCUT2D eigenvalue weighted by Crippen LogP contribution is 2.43. The lowest BCUT2D eigenvalue weighted by Gasteiger charge is -2.35. The second-order valence-corrected chi connectivity index (χ2v) is 37.0. The van der Waals surface area contributed by atoms with E-state index in [0.717, 1.165) is 5.56 Å². The Hall–Kier alpha value is -0.396. The van der Waals surface area contributed by atoms with Gasteiger partial charge in [-0.3, -0.25) is 0 Å². The van der Waals surface area contributed by atoms with E-state index in [1.165, 1.54) is 0 Å². The first kappa shape index (κ1) is 32.8. The van der Waals surface area contributed by atoms with Gasteiger partial charge in [-0.15, -0.1) is 0 Å². The fourth-order valence-corrected chi connectivity index (χ4v) is 8.01. The molecule has 0 N–H and O–H groups in total. The minimum Gasteiger partial charge on any atom is -0.531 e. The Morgan fingerprint density at radius 1 is 0.676 bits per heavy atom. The molecule has 4 atom stereocenters. The molecule has 214 valence electrons. The maximum atomic E-state index is 6.83. The third kappa shape index (κ3) is 11.7. The van der Waals surface area contributed by atoms with Crippen LogP contribution in [0, 0.1) is 0 Å². The van der Waals surface area contributed by atoms with Crippen molar-refractivity contribution in [3.8, 4) is 11.9 Å². The molecule has 0 saturated carbocycles. The number of nitrogens with zero attached hydrogens (tertiary/aromatic N) is 2. The van der Waals surface area contributed by atoms with Crippen LogP contribution in [-0.4, -0.2) is 76.5 Å². The highest BCUT2D eigenvalue weighted by molar-refractivity contribution is 6.71. The van der Waals surface area contributed by atoms with Crippen molar-refractivity contribution in [2.24, 2.45) is 0 Å². The van der Waals surface area contributed by atoms with E-state index in [0.29, 0.717) is 18.5 Å². The van der Waals surface area contributed by atoms with E-state index in [9.17, 15) is 0 Å². The first-order valence-electron chi connectivity index (χ1n) is 13.3. The molecule has 1 aromatic heterocycles. The first-order chi connectivity index (χ1) is 16.4. The number of hydrogen-bond donors (Lipinski definition) is 0. The van der Waals surface area contributed by atoms with Crippen molar-refractivity contribution in [3.05, 3.63) is 11.8 Å². The van der Waals surface area contributed by atoms with Crippen LogP contribution in [0.3, 0.4) is 0 Å². The van der Waals surface area contributed by atoms with Gasteiger partial charge in [0, 0.05) is 6.20 Å².